The van der Waals surface area contributed by atoms with Gasteiger partial charge in [-0.25, -0.2) is 17.9 Å². The van der Waals surface area contributed by atoms with Gasteiger partial charge in [-0.2, -0.15) is 0 Å². The van der Waals surface area contributed by atoms with Crippen molar-refractivity contribution in [1.82, 2.24) is 20.0 Å². The first-order valence-corrected chi connectivity index (χ1v) is 12.1. The van der Waals surface area contributed by atoms with Crippen molar-refractivity contribution in [3.05, 3.63) is 34.7 Å². The molecule has 4 heterocycles. The fourth-order valence-corrected chi connectivity index (χ4v) is 6.09. The minimum atomic E-state index is -3.79. The summed E-state index contributed by atoms with van der Waals surface area (Å²) in [6, 6.07) is 5.06. The standard InChI is InChI=1S/C21H24N4O6S/c1-2-30-21(27)31-17-10-22-19-18(17)15-9-14(5-6-16(15)24-20(19)26)32(28,29)25-13-7-11-3-4-12(8-13)23-11/h5-6,9-13,22-23,25H,2-4,7-8H2,1H3,(H,24,26). The highest BCUT2D eigenvalue weighted by Gasteiger charge is 2.35. The topological polar surface area (TPSA) is 142 Å². The molecule has 2 unspecified atom stereocenters. The van der Waals surface area contributed by atoms with Crippen molar-refractivity contribution < 1.29 is 22.7 Å². The molecule has 2 aliphatic rings. The number of piperidine rings is 1. The summed E-state index contributed by atoms with van der Waals surface area (Å²) in [6.45, 7) is 1.78. The van der Waals surface area contributed by atoms with Crippen molar-refractivity contribution in [1.29, 1.82) is 0 Å². The van der Waals surface area contributed by atoms with Crippen molar-refractivity contribution in [3.8, 4) is 5.75 Å². The van der Waals surface area contributed by atoms with Crippen LogP contribution in [0, 0.1) is 0 Å². The number of hydrogen-bond donors (Lipinski definition) is 4. The van der Waals surface area contributed by atoms with E-state index in [-0.39, 0.29) is 28.8 Å². The monoisotopic (exact) mass is 460 g/mol. The molecule has 170 valence electrons. The first-order chi connectivity index (χ1) is 15.3. The SMILES string of the molecule is CCOC(=O)Oc1c[nH]c2c(=O)[nH]c3ccc(S(=O)(=O)NC4CC5CCC(C4)N5)cc3c12. The molecule has 2 saturated heterocycles. The zero-order valence-corrected chi connectivity index (χ0v) is 18.3. The van der Waals surface area contributed by atoms with Gasteiger partial charge in [-0.05, 0) is 50.8 Å². The third-order valence-electron chi connectivity index (χ3n) is 6.14. The lowest BCUT2D eigenvalue weighted by Gasteiger charge is -2.29. The Bertz CT molecular complexity index is 1350. The van der Waals surface area contributed by atoms with Crippen LogP contribution in [0.15, 0.2) is 34.1 Å². The lowest BCUT2D eigenvalue weighted by Crippen LogP contribution is -2.47. The molecular weight excluding hydrogens is 436 g/mol. The average molecular weight is 461 g/mol. The number of hydrogen-bond acceptors (Lipinski definition) is 7. The van der Waals surface area contributed by atoms with E-state index >= 15 is 0 Å². The van der Waals surface area contributed by atoms with Gasteiger partial charge < -0.3 is 24.8 Å². The molecule has 32 heavy (non-hydrogen) atoms. The maximum atomic E-state index is 13.2. The van der Waals surface area contributed by atoms with Gasteiger partial charge in [0.2, 0.25) is 10.0 Å². The normalized spacial score (nSPS) is 23.0. The summed E-state index contributed by atoms with van der Waals surface area (Å²) in [4.78, 5) is 29.8. The number of ether oxygens (including phenoxy) is 2. The summed E-state index contributed by atoms with van der Waals surface area (Å²) in [7, 11) is -3.79. The number of nitrogens with one attached hydrogen (secondary N) is 4. The number of carbonyl (C=O) groups is 1. The van der Waals surface area contributed by atoms with E-state index in [1.54, 1.807) is 6.92 Å². The van der Waals surface area contributed by atoms with Crippen molar-refractivity contribution in [2.45, 2.75) is 55.6 Å². The van der Waals surface area contributed by atoms with Crippen LogP contribution < -0.4 is 20.3 Å². The summed E-state index contributed by atoms with van der Waals surface area (Å²) in [5.41, 5.74) is 0.189. The number of rotatable bonds is 5. The number of pyridine rings is 1. The second-order valence-electron chi connectivity index (χ2n) is 8.28. The van der Waals surface area contributed by atoms with Crippen LogP contribution in [0.1, 0.15) is 32.6 Å². The van der Waals surface area contributed by atoms with E-state index in [0.717, 1.165) is 25.7 Å². The molecule has 10 nitrogen and oxygen atoms in total. The Labute approximate surface area is 183 Å². The maximum absolute atomic E-state index is 13.2. The third-order valence-corrected chi connectivity index (χ3v) is 7.66. The molecule has 5 rings (SSSR count). The fraction of sp³-hybridized carbons (Fsp3) is 0.429. The Morgan fingerprint density at radius 1 is 1.22 bits per heavy atom. The molecule has 2 aromatic heterocycles. The first-order valence-electron chi connectivity index (χ1n) is 10.6. The van der Waals surface area contributed by atoms with Gasteiger partial charge in [0.1, 0.15) is 5.52 Å². The highest BCUT2D eigenvalue weighted by molar-refractivity contribution is 7.89. The minimum Gasteiger partial charge on any atom is -0.434 e. The van der Waals surface area contributed by atoms with Crippen LogP contribution in [-0.2, 0) is 14.8 Å². The highest BCUT2D eigenvalue weighted by Crippen LogP contribution is 2.32. The molecule has 1 aromatic carbocycles. The summed E-state index contributed by atoms with van der Waals surface area (Å²) in [6.07, 6.45) is 4.13. The second kappa shape index (κ2) is 7.91. The molecule has 2 aliphatic heterocycles. The lowest BCUT2D eigenvalue weighted by atomic mass is 10.0. The molecule has 0 amide bonds. The average Bonchev–Trinajstić information content (AvgIpc) is 3.31. The third kappa shape index (κ3) is 3.76. The van der Waals surface area contributed by atoms with Crippen LogP contribution in [0.25, 0.3) is 21.8 Å². The fourth-order valence-electron chi connectivity index (χ4n) is 4.80. The molecule has 11 heteroatoms. The number of aromatic nitrogens is 2. The van der Waals surface area contributed by atoms with E-state index in [4.69, 9.17) is 9.47 Å². The number of carbonyl (C=O) groups excluding carboxylic acids is 1. The number of benzene rings is 1. The predicted molar refractivity (Wildman–Crippen MR) is 117 cm³/mol. The van der Waals surface area contributed by atoms with E-state index in [9.17, 15) is 18.0 Å². The molecular formula is C21H24N4O6S. The highest BCUT2D eigenvalue weighted by atomic mass is 32.2. The number of sulfonamides is 1. The van der Waals surface area contributed by atoms with Crippen LogP contribution in [0.4, 0.5) is 4.79 Å². The quantitative estimate of drug-likeness (QED) is 0.427. The van der Waals surface area contributed by atoms with E-state index in [1.165, 1.54) is 24.4 Å². The zero-order chi connectivity index (χ0) is 22.5. The Hall–Kier alpha value is -2.89. The number of fused-ring (bicyclic) bond motifs is 5. The van der Waals surface area contributed by atoms with Crippen LogP contribution in [0.2, 0.25) is 0 Å². The molecule has 2 atom stereocenters. The van der Waals surface area contributed by atoms with E-state index in [0.29, 0.717) is 28.4 Å². The molecule has 3 aromatic rings. The Kier molecular flexibility index (Phi) is 5.19. The molecule has 4 N–H and O–H groups in total. The van der Waals surface area contributed by atoms with Gasteiger partial charge in [0.15, 0.2) is 5.75 Å². The first kappa shape index (κ1) is 21.0. The lowest BCUT2D eigenvalue weighted by molar-refractivity contribution is 0.105. The molecule has 0 aliphatic carbocycles. The molecule has 2 bridgehead atoms. The summed E-state index contributed by atoms with van der Waals surface area (Å²) in [5, 5.41) is 4.25. The van der Waals surface area contributed by atoms with Gasteiger partial charge in [-0.3, -0.25) is 4.79 Å². The second-order valence-corrected chi connectivity index (χ2v) is 9.99. The van der Waals surface area contributed by atoms with E-state index in [1.807, 2.05) is 0 Å². The molecule has 0 spiro atoms. The van der Waals surface area contributed by atoms with E-state index in [2.05, 4.69) is 20.0 Å². The van der Waals surface area contributed by atoms with Crippen molar-refractivity contribution >= 4 is 38.0 Å². The smallest absolute Gasteiger partial charge is 0.434 e. The molecule has 0 radical (unpaired) electrons. The Morgan fingerprint density at radius 2 is 1.97 bits per heavy atom. The maximum Gasteiger partial charge on any atom is 0.513 e. The van der Waals surface area contributed by atoms with Gasteiger partial charge in [0.25, 0.3) is 5.56 Å². The van der Waals surface area contributed by atoms with Gasteiger partial charge in [0.05, 0.1) is 16.9 Å². The predicted octanol–water partition coefficient (Wildman–Crippen LogP) is 2.11. The summed E-state index contributed by atoms with van der Waals surface area (Å²) >= 11 is 0. The minimum absolute atomic E-state index is 0.0764. The van der Waals surface area contributed by atoms with Gasteiger partial charge in [-0.1, -0.05) is 0 Å². The van der Waals surface area contributed by atoms with Crippen LogP contribution >= 0.6 is 0 Å². The summed E-state index contributed by atoms with van der Waals surface area (Å²) < 4.78 is 39.2. The van der Waals surface area contributed by atoms with E-state index < -0.39 is 21.7 Å². The number of aromatic amines is 2. The van der Waals surface area contributed by atoms with Crippen LogP contribution in [-0.4, -0.2) is 49.3 Å². The Morgan fingerprint density at radius 3 is 2.69 bits per heavy atom. The molecule has 0 saturated carbocycles. The van der Waals surface area contributed by atoms with Crippen molar-refractivity contribution in [2.75, 3.05) is 6.61 Å². The Balaban J connectivity index is 1.54. The number of H-pyrrole nitrogens is 2. The van der Waals surface area contributed by atoms with Crippen molar-refractivity contribution in [3.63, 3.8) is 0 Å². The summed E-state index contributed by atoms with van der Waals surface area (Å²) in [5.74, 6) is 0.0898. The van der Waals surface area contributed by atoms with Gasteiger partial charge >= 0.3 is 6.16 Å². The zero-order valence-electron chi connectivity index (χ0n) is 17.4. The largest absolute Gasteiger partial charge is 0.513 e. The van der Waals surface area contributed by atoms with Crippen molar-refractivity contribution in [2.24, 2.45) is 0 Å². The van der Waals surface area contributed by atoms with Gasteiger partial charge in [0, 0.05) is 35.2 Å². The van der Waals surface area contributed by atoms with Crippen LogP contribution in [0.5, 0.6) is 5.75 Å². The molecule has 2 fully saturated rings. The van der Waals surface area contributed by atoms with Gasteiger partial charge in [-0.15, -0.1) is 0 Å². The van der Waals surface area contributed by atoms with Crippen LogP contribution in [0.3, 0.4) is 0 Å².